The quantitative estimate of drug-likeness (QED) is 0.630. The monoisotopic (exact) mass is 261 g/mol. The molecule has 0 bridgehead atoms. The molecule has 1 aliphatic rings. The third-order valence-electron chi connectivity index (χ3n) is 3.09. The Morgan fingerprint density at radius 2 is 2.17 bits per heavy atom. The van der Waals surface area contributed by atoms with Crippen LogP contribution in [0.4, 0.5) is 0 Å². The van der Waals surface area contributed by atoms with Crippen molar-refractivity contribution in [2.45, 2.75) is 32.0 Å². The second kappa shape index (κ2) is 8.07. The molecule has 0 saturated carbocycles. The number of methoxy groups -OCH3 is 1. The second-order valence-electron chi connectivity index (χ2n) is 5.41. The van der Waals surface area contributed by atoms with E-state index in [0.29, 0.717) is 38.8 Å². The van der Waals surface area contributed by atoms with Crippen LogP contribution in [0.2, 0.25) is 0 Å². The molecule has 0 amide bonds. The van der Waals surface area contributed by atoms with E-state index in [-0.39, 0.29) is 5.60 Å². The lowest BCUT2D eigenvalue weighted by atomic mass is 10.0. The van der Waals surface area contributed by atoms with Gasteiger partial charge in [0.2, 0.25) is 0 Å². The highest BCUT2D eigenvalue weighted by molar-refractivity contribution is 4.87. The maximum absolute atomic E-state index is 9.73. The van der Waals surface area contributed by atoms with E-state index in [2.05, 4.69) is 19.2 Å². The van der Waals surface area contributed by atoms with Crippen LogP contribution in [-0.2, 0) is 14.2 Å². The number of rotatable bonds is 9. The highest BCUT2D eigenvalue weighted by Gasteiger charge is 2.34. The van der Waals surface area contributed by atoms with Crippen molar-refractivity contribution >= 4 is 0 Å². The minimum Gasteiger partial charge on any atom is -0.389 e. The summed E-state index contributed by atoms with van der Waals surface area (Å²) in [5.74, 6) is 0.498. The van der Waals surface area contributed by atoms with Gasteiger partial charge in [0.15, 0.2) is 0 Å². The largest absolute Gasteiger partial charge is 0.389 e. The fourth-order valence-corrected chi connectivity index (χ4v) is 1.93. The zero-order valence-electron chi connectivity index (χ0n) is 11.8. The van der Waals surface area contributed by atoms with Crippen molar-refractivity contribution < 1.29 is 19.3 Å². The Hall–Kier alpha value is -0.200. The Kier molecular flexibility index (Phi) is 7.11. The summed E-state index contributed by atoms with van der Waals surface area (Å²) >= 11 is 0. The summed E-state index contributed by atoms with van der Waals surface area (Å²) < 4.78 is 16.2. The van der Waals surface area contributed by atoms with Crippen LogP contribution in [0.1, 0.15) is 20.3 Å². The van der Waals surface area contributed by atoms with Crippen molar-refractivity contribution in [3.63, 3.8) is 0 Å². The van der Waals surface area contributed by atoms with Crippen LogP contribution in [0.3, 0.4) is 0 Å². The molecule has 1 rings (SSSR count). The van der Waals surface area contributed by atoms with Gasteiger partial charge in [-0.05, 0) is 5.92 Å². The van der Waals surface area contributed by atoms with E-state index in [1.54, 1.807) is 7.11 Å². The first-order valence-electron chi connectivity index (χ1n) is 6.67. The molecular weight excluding hydrogens is 234 g/mol. The molecule has 5 heteroatoms. The highest BCUT2D eigenvalue weighted by atomic mass is 16.5. The Bertz CT molecular complexity index is 217. The number of hydrogen-bond donors (Lipinski definition) is 2. The van der Waals surface area contributed by atoms with Gasteiger partial charge in [-0.2, -0.15) is 0 Å². The summed E-state index contributed by atoms with van der Waals surface area (Å²) in [4.78, 5) is 0. The molecule has 1 fully saturated rings. The third kappa shape index (κ3) is 5.63. The van der Waals surface area contributed by atoms with E-state index in [9.17, 15) is 5.11 Å². The normalized spacial score (nSPS) is 25.8. The van der Waals surface area contributed by atoms with Crippen LogP contribution in [0.5, 0.6) is 0 Å². The molecule has 0 aliphatic carbocycles. The molecule has 1 heterocycles. The molecule has 0 radical (unpaired) electrons. The van der Waals surface area contributed by atoms with Crippen molar-refractivity contribution in [3.8, 4) is 0 Å². The van der Waals surface area contributed by atoms with Crippen molar-refractivity contribution in [3.05, 3.63) is 0 Å². The molecule has 2 unspecified atom stereocenters. The molecule has 2 atom stereocenters. The van der Waals surface area contributed by atoms with E-state index < -0.39 is 6.10 Å². The SMILES string of the molecule is COC1(CNCC(O)COCC(C)C)CCOC1. The number of hydrogen-bond acceptors (Lipinski definition) is 5. The Morgan fingerprint density at radius 3 is 2.72 bits per heavy atom. The lowest BCUT2D eigenvalue weighted by Crippen LogP contribution is -2.45. The highest BCUT2D eigenvalue weighted by Crippen LogP contribution is 2.21. The van der Waals surface area contributed by atoms with Gasteiger partial charge in [0.05, 0.1) is 19.3 Å². The van der Waals surface area contributed by atoms with E-state index in [1.807, 2.05) is 0 Å². The molecule has 1 saturated heterocycles. The second-order valence-corrected chi connectivity index (χ2v) is 5.41. The fraction of sp³-hybridized carbons (Fsp3) is 1.00. The van der Waals surface area contributed by atoms with Gasteiger partial charge in [-0.25, -0.2) is 0 Å². The lowest BCUT2D eigenvalue weighted by Gasteiger charge is -2.26. The first-order chi connectivity index (χ1) is 8.58. The summed E-state index contributed by atoms with van der Waals surface area (Å²) in [6.07, 6.45) is 0.427. The summed E-state index contributed by atoms with van der Waals surface area (Å²) in [7, 11) is 1.71. The van der Waals surface area contributed by atoms with Crippen molar-refractivity contribution in [1.29, 1.82) is 0 Å². The zero-order valence-corrected chi connectivity index (χ0v) is 11.8. The molecule has 5 nitrogen and oxygen atoms in total. The van der Waals surface area contributed by atoms with Crippen LogP contribution in [-0.4, -0.2) is 63.4 Å². The summed E-state index contributed by atoms with van der Waals surface area (Å²) in [6.45, 7) is 7.83. The molecular formula is C13H27NO4. The van der Waals surface area contributed by atoms with Crippen molar-refractivity contribution in [1.82, 2.24) is 5.32 Å². The van der Waals surface area contributed by atoms with Crippen molar-refractivity contribution in [2.75, 3.05) is 46.6 Å². The van der Waals surface area contributed by atoms with E-state index in [1.165, 1.54) is 0 Å². The van der Waals surface area contributed by atoms with Gasteiger partial charge in [0, 0.05) is 39.8 Å². The van der Waals surface area contributed by atoms with Gasteiger partial charge < -0.3 is 24.6 Å². The van der Waals surface area contributed by atoms with Gasteiger partial charge in [-0.3, -0.25) is 0 Å². The smallest absolute Gasteiger partial charge is 0.106 e. The minimum atomic E-state index is -0.472. The van der Waals surface area contributed by atoms with Gasteiger partial charge in [0.1, 0.15) is 5.60 Å². The first kappa shape index (κ1) is 15.9. The molecule has 0 spiro atoms. The number of aliphatic hydroxyl groups excluding tert-OH is 1. The van der Waals surface area contributed by atoms with Gasteiger partial charge in [-0.15, -0.1) is 0 Å². The Labute approximate surface area is 110 Å². The van der Waals surface area contributed by atoms with Crippen LogP contribution in [0.25, 0.3) is 0 Å². The van der Waals surface area contributed by atoms with Crippen molar-refractivity contribution in [2.24, 2.45) is 5.92 Å². The predicted molar refractivity (Wildman–Crippen MR) is 69.7 cm³/mol. The Balaban J connectivity index is 2.09. The van der Waals surface area contributed by atoms with Crippen LogP contribution < -0.4 is 5.32 Å². The van der Waals surface area contributed by atoms with E-state index >= 15 is 0 Å². The molecule has 2 N–H and O–H groups in total. The minimum absolute atomic E-state index is 0.224. The summed E-state index contributed by atoms with van der Waals surface area (Å²) in [5.41, 5.74) is -0.224. The molecule has 0 aromatic carbocycles. The third-order valence-corrected chi connectivity index (χ3v) is 3.09. The summed E-state index contributed by atoms with van der Waals surface area (Å²) in [6, 6.07) is 0. The van der Waals surface area contributed by atoms with E-state index in [4.69, 9.17) is 14.2 Å². The van der Waals surface area contributed by atoms with Crippen LogP contribution in [0.15, 0.2) is 0 Å². The van der Waals surface area contributed by atoms with Crippen LogP contribution in [0, 0.1) is 5.92 Å². The maximum Gasteiger partial charge on any atom is 0.106 e. The predicted octanol–water partition coefficient (Wildman–Crippen LogP) is 0.415. The standard InChI is InChI=1S/C13H27NO4/c1-11(2)7-18-8-12(15)6-14-9-13(16-3)4-5-17-10-13/h11-12,14-15H,4-10H2,1-3H3. The first-order valence-corrected chi connectivity index (χ1v) is 6.67. The maximum atomic E-state index is 9.73. The summed E-state index contributed by atoms with van der Waals surface area (Å²) in [5, 5.41) is 13.0. The van der Waals surface area contributed by atoms with Gasteiger partial charge in [0.25, 0.3) is 0 Å². The van der Waals surface area contributed by atoms with Crippen LogP contribution >= 0.6 is 0 Å². The zero-order chi connectivity index (χ0) is 13.4. The van der Waals surface area contributed by atoms with Gasteiger partial charge in [-0.1, -0.05) is 13.8 Å². The topological polar surface area (TPSA) is 60.0 Å². The molecule has 108 valence electrons. The number of nitrogens with one attached hydrogen (secondary N) is 1. The lowest BCUT2D eigenvalue weighted by molar-refractivity contribution is -0.0205. The fourth-order valence-electron chi connectivity index (χ4n) is 1.93. The molecule has 1 aliphatic heterocycles. The Morgan fingerprint density at radius 1 is 1.39 bits per heavy atom. The average molecular weight is 261 g/mol. The van der Waals surface area contributed by atoms with E-state index in [0.717, 1.165) is 13.0 Å². The number of ether oxygens (including phenoxy) is 3. The molecule has 18 heavy (non-hydrogen) atoms. The molecule has 0 aromatic heterocycles. The van der Waals surface area contributed by atoms with Gasteiger partial charge >= 0.3 is 0 Å². The number of aliphatic hydroxyl groups is 1. The molecule has 0 aromatic rings. The average Bonchev–Trinajstić information content (AvgIpc) is 2.78.